The van der Waals surface area contributed by atoms with Crippen molar-refractivity contribution in [3.8, 4) is 5.75 Å². The molecule has 2 rings (SSSR count). The van der Waals surface area contributed by atoms with Crippen molar-refractivity contribution in [2.24, 2.45) is 0 Å². The van der Waals surface area contributed by atoms with Gasteiger partial charge in [-0.3, -0.25) is 4.79 Å². The lowest BCUT2D eigenvalue weighted by atomic mass is 10.1. The molecule has 0 saturated heterocycles. The highest BCUT2D eigenvalue weighted by atomic mass is 16.5. The predicted octanol–water partition coefficient (Wildman–Crippen LogP) is 4.58. The molecule has 0 fully saturated rings. The summed E-state index contributed by atoms with van der Waals surface area (Å²) in [7, 11) is 0. The molecule has 0 bridgehead atoms. The third-order valence-electron chi connectivity index (χ3n) is 4.27. The van der Waals surface area contributed by atoms with E-state index >= 15 is 0 Å². The van der Waals surface area contributed by atoms with Crippen LogP contribution < -0.4 is 10.1 Å². The first-order valence-electron chi connectivity index (χ1n) is 9.18. The molecular formula is C22H27NO4. The van der Waals surface area contributed by atoms with E-state index in [1.165, 1.54) is 0 Å². The summed E-state index contributed by atoms with van der Waals surface area (Å²) in [5.41, 5.74) is 3.97. The molecule has 0 aromatic heterocycles. The Bertz CT molecular complexity index is 829. The summed E-state index contributed by atoms with van der Waals surface area (Å²) in [5.74, 6) is 0.125. The molecule has 1 atom stereocenters. The number of hydrogen-bond acceptors (Lipinski definition) is 4. The number of nitrogens with one attached hydrogen (secondary N) is 1. The number of aryl methyl sites for hydroxylation is 3. The Morgan fingerprint density at radius 1 is 1.00 bits per heavy atom. The second-order valence-corrected chi connectivity index (χ2v) is 6.52. The maximum absolute atomic E-state index is 12.7. The van der Waals surface area contributed by atoms with Crippen LogP contribution in [-0.4, -0.2) is 24.6 Å². The monoisotopic (exact) mass is 369 g/mol. The van der Waals surface area contributed by atoms with Crippen LogP contribution in [-0.2, 0) is 9.53 Å². The van der Waals surface area contributed by atoms with Crippen LogP contribution in [0.2, 0.25) is 0 Å². The van der Waals surface area contributed by atoms with Gasteiger partial charge in [-0.25, -0.2) is 4.79 Å². The van der Waals surface area contributed by atoms with E-state index in [-0.39, 0.29) is 11.9 Å². The topological polar surface area (TPSA) is 64.6 Å². The lowest BCUT2D eigenvalue weighted by Crippen LogP contribution is -2.32. The maximum Gasteiger partial charge on any atom is 0.338 e. The molecule has 0 spiro atoms. The van der Waals surface area contributed by atoms with Crippen LogP contribution in [0.3, 0.4) is 0 Å². The van der Waals surface area contributed by atoms with Crippen molar-refractivity contribution >= 4 is 17.6 Å². The Kier molecular flexibility index (Phi) is 6.99. The molecule has 2 aromatic rings. The van der Waals surface area contributed by atoms with Crippen molar-refractivity contribution in [2.45, 2.75) is 47.1 Å². The molecule has 144 valence electrons. The minimum atomic E-state index is -0.602. The second-order valence-electron chi connectivity index (χ2n) is 6.52. The van der Waals surface area contributed by atoms with Crippen molar-refractivity contribution < 1.29 is 19.1 Å². The fraction of sp³-hybridized carbons (Fsp3) is 0.364. The number of amides is 1. The number of ether oxygens (including phenoxy) is 2. The minimum absolute atomic E-state index is 0.217. The molecule has 0 aliphatic heterocycles. The first-order valence-corrected chi connectivity index (χ1v) is 9.18. The van der Waals surface area contributed by atoms with Crippen LogP contribution in [0, 0.1) is 20.8 Å². The Morgan fingerprint density at radius 2 is 1.74 bits per heavy atom. The average Bonchev–Trinajstić information content (AvgIpc) is 2.64. The number of esters is 1. The summed E-state index contributed by atoms with van der Waals surface area (Å²) < 4.78 is 11.0. The largest absolute Gasteiger partial charge is 0.480 e. The highest BCUT2D eigenvalue weighted by Crippen LogP contribution is 2.23. The smallest absolute Gasteiger partial charge is 0.338 e. The van der Waals surface area contributed by atoms with E-state index in [9.17, 15) is 9.59 Å². The summed E-state index contributed by atoms with van der Waals surface area (Å²) in [6.07, 6.45) is -0.0613. The summed E-state index contributed by atoms with van der Waals surface area (Å²) >= 11 is 0. The van der Waals surface area contributed by atoms with Crippen LogP contribution in [0.1, 0.15) is 47.3 Å². The number of rotatable bonds is 7. The van der Waals surface area contributed by atoms with Crippen LogP contribution in [0.4, 0.5) is 5.69 Å². The molecule has 0 unspecified atom stereocenters. The summed E-state index contributed by atoms with van der Waals surface area (Å²) in [5, 5.41) is 2.90. The molecule has 1 amide bonds. The van der Waals surface area contributed by atoms with E-state index in [2.05, 4.69) is 5.32 Å². The van der Waals surface area contributed by atoms with Gasteiger partial charge in [0.2, 0.25) is 0 Å². The molecule has 0 heterocycles. The Labute approximate surface area is 160 Å². The highest BCUT2D eigenvalue weighted by Gasteiger charge is 2.20. The summed E-state index contributed by atoms with van der Waals surface area (Å²) in [4.78, 5) is 24.5. The zero-order valence-electron chi connectivity index (χ0n) is 16.6. The van der Waals surface area contributed by atoms with Crippen molar-refractivity contribution in [3.63, 3.8) is 0 Å². The lowest BCUT2D eigenvalue weighted by Gasteiger charge is -2.20. The fourth-order valence-corrected chi connectivity index (χ4v) is 2.67. The number of anilines is 1. The molecule has 0 saturated carbocycles. The molecule has 1 N–H and O–H groups in total. The predicted molar refractivity (Wildman–Crippen MR) is 106 cm³/mol. The van der Waals surface area contributed by atoms with Crippen molar-refractivity contribution in [1.29, 1.82) is 0 Å². The van der Waals surface area contributed by atoms with Gasteiger partial charge in [-0.2, -0.15) is 0 Å². The van der Waals surface area contributed by atoms with Crippen LogP contribution in [0.15, 0.2) is 36.4 Å². The van der Waals surface area contributed by atoms with E-state index in [0.29, 0.717) is 30.0 Å². The minimum Gasteiger partial charge on any atom is -0.480 e. The van der Waals surface area contributed by atoms with Gasteiger partial charge in [-0.1, -0.05) is 19.1 Å². The molecule has 27 heavy (non-hydrogen) atoms. The van der Waals surface area contributed by atoms with Gasteiger partial charge in [0.25, 0.3) is 5.91 Å². The molecule has 2 aromatic carbocycles. The van der Waals surface area contributed by atoms with E-state index < -0.39 is 6.10 Å². The van der Waals surface area contributed by atoms with E-state index in [4.69, 9.17) is 9.47 Å². The molecule has 0 aliphatic rings. The van der Waals surface area contributed by atoms with Crippen LogP contribution >= 0.6 is 0 Å². The van der Waals surface area contributed by atoms with Crippen molar-refractivity contribution in [3.05, 3.63) is 58.7 Å². The normalized spacial score (nSPS) is 11.6. The van der Waals surface area contributed by atoms with Gasteiger partial charge in [0.15, 0.2) is 6.10 Å². The average molecular weight is 369 g/mol. The Morgan fingerprint density at radius 3 is 2.37 bits per heavy atom. The maximum atomic E-state index is 12.7. The lowest BCUT2D eigenvalue weighted by molar-refractivity contribution is -0.122. The van der Waals surface area contributed by atoms with Gasteiger partial charge in [0.05, 0.1) is 12.2 Å². The zero-order chi connectivity index (χ0) is 20.0. The third-order valence-corrected chi connectivity index (χ3v) is 4.27. The van der Waals surface area contributed by atoms with Gasteiger partial charge in [-0.15, -0.1) is 0 Å². The molecular weight excluding hydrogens is 342 g/mol. The number of hydrogen-bond donors (Lipinski definition) is 1. The van der Waals surface area contributed by atoms with E-state index in [1.807, 2.05) is 45.9 Å². The van der Waals surface area contributed by atoms with E-state index in [1.54, 1.807) is 25.1 Å². The number of carbonyl (C=O) groups is 2. The SMILES string of the molecule is CCOC(=O)c1ccc(NC(=O)[C@@H](CC)Oc2cc(C)ccc2C)c(C)c1. The molecule has 0 radical (unpaired) electrons. The standard InChI is InChI=1S/C22H27NO4/c1-6-19(27-20-12-14(3)8-9-15(20)4)21(24)23-18-11-10-17(13-16(18)5)22(25)26-7-2/h8-13,19H,6-7H2,1-5H3,(H,23,24)/t19-/m1/s1. The molecule has 0 aliphatic carbocycles. The number of carbonyl (C=O) groups excluding carboxylic acids is 2. The first kappa shape index (κ1) is 20.5. The molecule has 5 nitrogen and oxygen atoms in total. The summed E-state index contributed by atoms with van der Waals surface area (Å²) in [6, 6.07) is 11.0. The van der Waals surface area contributed by atoms with Gasteiger partial charge in [-0.05, 0) is 75.1 Å². The first-order chi connectivity index (χ1) is 12.8. The van der Waals surface area contributed by atoms with Crippen LogP contribution in [0.5, 0.6) is 5.75 Å². The zero-order valence-corrected chi connectivity index (χ0v) is 16.6. The van der Waals surface area contributed by atoms with Crippen molar-refractivity contribution in [2.75, 3.05) is 11.9 Å². The Hall–Kier alpha value is -2.82. The summed E-state index contributed by atoms with van der Waals surface area (Å²) in [6.45, 7) is 9.78. The van der Waals surface area contributed by atoms with Gasteiger partial charge < -0.3 is 14.8 Å². The fourth-order valence-electron chi connectivity index (χ4n) is 2.67. The van der Waals surface area contributed by atoms with E-state index in [0.717, 1.165) is 16.7 Å². The highest BCUT2D eigenvalue weighted by molar-refractivity contribution is 5.96. The Balaban J connectivity index is 2.12. The van der Waals surface area contributed by atoms with Gasteiger partial charge in [0.1, 0.15) is 5.75 Å². The molecule has 5 heteroatoms. The van der Waals surface area contributed by atoms with Crippen LogP contribution in [0.25, 0.3) is 0 Å². The van der Waals surface area contributed by atoms with Crippen molar-refractivity contribution in [1.82, 2.24) is 0 Å². The number of benzene rings is 2. The second kappa shape index (κ2) is 9.21. The third kappa shape index (κ3) is 5.33. The van der Waals surface area contributed by atoms with Gasteiger partial charge in [0, 0.05) is 5.69 Å². The van der Waals surface area contributed by atoms with Gasteiger partial charge >= 0.3 is 5.97 Å². The quantitative estimate of drug-likeness (QED) is 0.725.